The van der Waals surface area contributed by atoms with E-state index in [2.05, 4.69) is 41.8 Å². The molecule has 3 N–H and O–H groups in total. The Kier molecular flexibility index (Phi) is 4.00. The largest absolute Gasteiger partial charge is 0.328 e. The van der Waals surface area contributed by atoms with Crippen molar-refractivity contribution in [2.75, 3.05) is 20.8 Å². The maximum Gasteiger partial charge on any atom is 0.181 e. The van der Waals surface area contributed by atoms with Crippen LogP contribution in [0.15, 0.2) is 0 Å². The van der Waals surface area contributed by atoms with Gasteiger partial charge in [0.25, 0.3) is 0 Å². The lowest BCUT2D eigenvalue weighted by atomic mass is 9.80. The highest BCUT2D eigenvalue weighted by atomic mass is 16.5. The summed E-state index contributed by atoms with van der Waals surface area (Å²) in [4.78, 5) is 1.30. The molecule has 1 aliphatic heterocycles. The first-order valence-corrected chi connectivity index (χ1v) is 6.13. The topological polar surface area (TPSA) is 38.3 Å². The van der Waals surface area contributed by atoms with Crippen molar-refractivity contribution in [3.05, 3.63) is 0 Å². The van der Waals surface area contributed by atoms with Gasteiger partial charge < -0.3 is 9.64 Å². The Hall–Kier alpha value is -0.160. The van der Waals surface area contributed by atoms with E-state index in [-0.39, 0.29) is 17.2 Å². The lowest BCUT2D eigenvalue weighted by molar-refractivity contribution is -1.16. The molecule has 1 rings (SSSR count). The van der Waals surface area contributed by atoms with Gasteiger partial charge in [-0.25, -0.2) is 5.21 Å². The highest BCUT2D eigenvalue weighted by Gasteiger charge is 2.50. The molecule has 1 aliphatic rings. The Morgan fingerprint density at radius 2 is 1.62 bits per heavy atom. The van der Waals surface area contributed by atoms with E-state index in [9.17, 15) is 5.21 Å². The molecule has 4 nitrogen and oxygen atoms in total. The van der Waals surface area contributed by atoms with E-state index >= 15 is 0 Å². The van der Waals surface area contributed by atoms with E-state index in [1.54, 1.807) is 0 Å². The molecule has 4 heteroatoms. The molecule has 0 bridgehead atoms. The van der Waals surface area contributed by atoms with Crippen LogP contribution in [0, 0.1) is 0 Å². The molecule has 16 heavy (non-hydrogen) atoms. The zero-order chi connectivity index (χ0) is 12.6. The molecule has 1 saturated heterocycles. The van der Waals surface area contributed by atoms with Gasteiger partial charge in [0, 0.05) is 12.8 Å². The number of piperidine rings is 1. The van der Waals surface area contributed by atoms with E-state index in [0.29, 0.717) is 5.06 Å². The molecule has 0 aromatic rings. The molecule has 1 fully saturated rings. The van der Waals surface area contributed by atoms with Crippen LogP contribution in [0.2, 0.25) is 0 Å². The Balaban J connectivity index is 2.64. The van der Waals surface area contributed by atoms with Gasteiger partial charge in [-0.05, 0) is 27.7 Å². The van der Waals surface area contributed by atoms with E-state index < -0.39 is 0 Å². The van der Waals surface area contributed by atoms with Crippen molar-refractivity contribution in [1.82, 2.24) is 0 Å². The minimum absolute atomic E-state index is 0.131. The summed E-state index contributed by atoms with van der Waals surface area (Å²) in [5.74, 6) is 0. The van der Waals surface area contributed by atoms with Gasteiger partial charge in [-0.2, -0.15) is 5.06 Å². The molecule has 0 aromatic carbocycles. The maximum absolute atomic E-state index is 10.2. The number of quaternary nitrogens is 2. The summed E-state index contributed by atoms with van der Waals surface area (Å²) >= 11 is 0. The van der Waals surface area contributed by atoms with Crippen molar-refractivity contribution in [2.24, 2.45) is 0 Å². The molecule has 0 amide bonds. The van der Waals surface area contributed by atoms with E-state index in [0.717, 1.165) is 19.6 Å². The first-order valence-electron chi connectivity index (χ1n) is 6.13. The Morgan fingerprint density at radius 3 is 2.00 bits per heavy atom. The quantitative estimate of drug-likeness (QED) is 0.552. The van der Waals surface area contributed by atoms with Crippen molar-refractivity contribution in [3.63, 3.8) is 0 Å². The number of hydroxylamine groups is 2. The molecule has 0 aliphatic carbocycles. The molecule has 96 valence electrons. The highest BCUT2D eigenvalue weighted by molar-refractivity contribution is 4.85. The van der Waals surface area contributed by atoms with Crippen LogP contribution in [0.25, 0.3) is 0 Å². The SMILES string of the molecule is C[NH+](C)COC1CC(C)(C)[NH+](O)C(C)(C)C1. The van der Waals surface area contributed by atoms with Crippen molar-refractivity contribution in [2.45, 2.75) is 57.7 Å². The second-order valence-electron chi connectivity index (χ2n) is 6.66. The first kappa shape index (κ1) is 13.9. The van der Waals surface area contributed by atoms with Gasteiger partial charge in [-0.15, -0.1) is 0 Å². The van der Waals surface area contributed by atoms with Crippen molar-refractivity contribution >= 4 is 0 Å². The van der Waals surface area contributed by atoms with Crippen LogP contribution in [0.5, 0.6) is 0 Å². The van der Waals surface area contributed by atoms with Crippen LogP contribution in [0.1, 0.15) is 40.5 Å². The molecular formula is C12H28N2O2+2. The zero-order valence-corrected chi connectivity index (χ0v) is 11.6. The standard InChI is InChI=1S/C12H26N2O2/c1-11(2)7-10(16-9-13(5)6)8-12(3,4)14(11)15/h10,15H,7-9H2,1-6H3/p+2. The molecular weight excluding hydrogens is 204 g/mol. The second-order valence-corrected chi connectivity index (χ2v) is 6.66. The number of hydrogen-bond acceptors (Lipinski definition) is 2. The number of hydrogen-bond donors (Lipinski definition) is 3. The predicted octanol–water partition coefficient (Wildman–Crippen LogP) is -0.901. The summed E-state index contributed by atoms with van der Waals surface area (Å²) < 4.78 is 5.90. The van der Waals surface area contributed by atoms with Crippen LogP contribution in [0.3, 0.4) is 0 Å². The fraction of sp³-hybridized carbons (Fsp3) is 1.00. The highest BCUT2D eigenvalue weighted by Crippen LogP contribution is 2.25. The fourth-order valence-corrected chi connectivity index (χ4v) is 2.72. The lowest BCUT2D eigenvalue weighted by Crippen LogP contribution is -3.25. The number of nitrogens with one attached hydrogen (secondary N) is 2. The Bertz CT molecular complexity index is 221. The average molecular weight is 232 g/mol. The normalized spacial score (nSPS) is 33.0. The third-order valence-corrected chi connectivity index (χ3v) is 3.37. The fourth-order valence-electron chi connectivity index (χ4n) is 2.72. The Labute approximate surface area is 99.1 Å². The zero-order valence-electron chi connectivity index (χ0n) is 11.6. The van der Waals surface area contributed by atoms with Gasteiger partial charge in [0.2, 0.25) is 0 Å². The smallest absolute Gasteiger partial charge is 0.181 e. The number of rotatable bonds is 3. The van der Waals surface area contributed by atoms with Gasteiger partial charge in [0.1, 0.15) is 11.1 Å². The van der Waals surface area contributed by atoms with Crippen LogP contribution in [-0.4, -0.2) is 43.2 Å². The van der Waals surface area contributed by atoms with E-state index in [1.165, 1.54) is 4.90 Å². The minimum atomic E-state index is -0.131. The average Bonchev–Trinajstić information content (AvgIpc) is 2.10. The lowest BCUT2D eigenvalue weighted by Gasteiger charge is -2.46. The van der Waals surface area contributed by atoms with Crippen molar-refractivity contribution in [3.8, 4) is 0 Å². The van der Waals surface area contributed by atoms with Gasteiger partial charge in [-0.3, -0.25) is 0 Å². The monoisotopic (exact) mass is 232 g/mol. The summed E-state index contributed by atoms with van der Waals surface area (Å²) in [7, 11) is 4.17. The van der Waals surface area contributed by atoms with Crippen LogP contribution in [-0.2, 0) is 4.74 Å². The van der Waals surface area contributed by atoms with Crippen LogP contribution >= 0.6 is 0 Å². The summed E-state index contributed by atoms with van der Waals surface area (Å²) in [6.45, 7) is 9.13. The third-order valence-electron chi connectivity index (χ3n) is 3.37. The third kappa shape index (κ3) is 3.17. The Morgan fingerprint density at radius 1 is 1.19 bits per heavy atom. The summed E-state index contributed by atoms with van der Waals surface area (Å²) in [5, 5.41) is 10.8. The number of ether oxygens (including phenoxy) is 1. The summed E-state index contributed by atoms with van der Waals surface area (Å²) in [6.07, 6.45) is 2.08. The van der Waals surface area contributed by atoms with Crippen LogP contribution in [0.4, 0.5) is 0 Å². The maximum atomic E-state index is 10.2. The first-order chi connectivity index (χ1) is 7.15. The van der Waals surface area contributed by atoms with Gasteiger partial charge in [0.15, 0.2) is 6.73 Å². The molecule has 0 saturated carbocycles. The van der Waals surface area contributed by atoms with Gasteiger partial charge in [-0.1, -0.05) is 0 Å². The molecule has 0 unspecified atom stereocenters. The molecule has 1 heterocycles. The molecule has 0 atom stereocenters. The van der Waals surface area contributed by atoms with Gasteiger partial charge >= 0.3 is 0 Å². The summed E-state index contributed by atoms with van der Waals surface area (Å²) in [6, 6.07) is 0. The van der Waals surface area contributed by atoms with Crippen LogP contribution < -0.4 is 9.96 Å². The minimum Gasteiger partial charge on any atom is -0.328 e. The predicted molar refractivity (Wildman–Crippen MR) is 62.7 cm³/mol. The van der Waals surface area contributed by atoms with Crippen molar-refractivity contribution in [1.29, 1.82) is 0 Å². The molecule has 0 aromatic heterocycles. The van der Waals surface area contributed by atoms with Crippen molar-refractivity contribution < 1.29 is 19.9 Å². The van der Waals surface area contributed by atoms with E-state index in [1.807, 2.05) is 0 Å². The molecule has 0 spiro atoms. The van der Waals surface area contributed by atoms with Gasteiger partial charge in [0.05, 0.1) is 20.2 Å². The summed E-state index contributed by atoms with van der Waals surface area (Å²) in [5.41, 5.74) is -0.262. The second kappa shape index (κ2) is 4.61. The molecule has 0 radical (unpaired) electrons. The van der Waals surface area contributed by atoms with E-state index in [4.69, 9.17) is 4.74 Å².